The fourth-order valence-electron chi connectivity index (χ4n) is 3.20. The molecule has 2 aromatic carbocycles. The number of carbonyl (C=O) groups is 3. The van der Waals surface area contributed by atoms with E-state index >= 15 is 0 Å². The summed E-state index contributed by atoms with van der Waals surface area (Å²) in [6, 6.07) is 13.2. The van der Waals surface area contributed by atoms with E-state index in [0.29, 0.717) is 29.4 Å². The Bertz CT molecular complexity index is 944. The molecule has 30 heavy (non-hydrogen) atoms. The highest BCUT2D eigenvalue weighted by molar-refractivity contribution is 6.10. The van der Waals surface area contributed by atoms with E-state index in [-0.39, 0.29) is 0 Å². The SMILES string of the molecule is CCCOc1ccccc1NC(=O)CN1C(=O)NC(C)(c2ccc(OC)cc2)C1=O. The third kappa shape index (κ3) is 4.22. The Morgan fingerprint density at radius 3 is 2.50 bits per heavy atom. The number of carbonyl (C=O) groups excluding carboxylic acids is 3. The molecule has 1 saturated heterocycles. The Labute approximate surface area is 175 Å². The quantitative estimate of drug-likeness (QED) is 0.651. The van der Waals surface area contributed by atoms with Gasteiger partial charge in [0.2, 0.25) is 5.91 Å². The lowest BCUT2D eigenvalue weighted by Crippen LogP contribution is -2.42. The highest BCUT2D eigenvalue weighted by Gasteiger charge is 2.49. The van der Waals surface area contributed by atoms with Crippen LogP contribution in [-0.2, 0) is 15.1 Å². The zero-order chi connectivity index (χ0) is 21.7. The molecule has 3 rings (SSSR count). The number of benzene rings is 2. The molecule has 1 aliphatic rings. The Morgan fingerprint density at radius 2 is 1.83 bits per heavy atom. The summed E-state index contributed by atoms with van der Waals surface area (Å²) in [7, 11) is 1.55. The first-order valence-corrected chi connectivity index (χ1v) is 9.69. The van der Waals surface area contributed by atoms with Crippen LogP contribution in [-0.4, -0.2) is 43.0 Å². The Hall–Kier alpha value is -3.55. The third-order valence-electron chi connectivity index (χ3n) is 4.87. The Kier molecular flexibility index (Phi) is 6.25. The Balaban J connectivity index is 1.72. The number of anilines is 1. The summed E-state index contributed by atoms with van der Waals surface area (Å²) >= 11 is 0. The van der Waals surface area contributed by atoms with Crippen LogP contribution in [0.15, 0.2) is 48.5 Å². The van der Waals surface area contributed by atoms with Crippen LogP contribution in [0.2, 0.25) is 0 Å². The van der Waals surface area contributed by atoms with Gasteiger partial charge in [0.1, 0.15) is 23.6 Å². The lowest BCUT2D eigenvalue weighted by molar-refractivity contribution is -0.133. The first kappa shape index (κ1) is 21.2. The molecule has 2 aromatic rings. The molecular weight excluding hydrogens is 386 g/mol. The Morgan fingerprint density at radius 1 is 1.13 bits per heavy atom. The summed E-state index contributed by atoms with van der Waals surface area (Å²) < 4.78 is 10.8. The van der Waals surface area contributed by atoms with E-state index in [1.54, 1.807) is 62.6 Å². The number of para-hydroxylation sites is 2. The van der Waals surface area contributed by atoms with Gasteiger partial charge in [0.25, 0.3) is 5.91 Å². The van der Waals surface area contributed by atoms with Crippen molar-refractivity contribution in [1.82, 2.24) is 10.2 Å². The molecule has 0 bridgehead atoms. The van der Waals surface area contributed by atoms with Crippen molar-refractivity contribution in [1.29, 1.82) is 0 Å². The number of hydrogen-bond acceptors (Lipinski definition) is 5. The molecule has 1 fully saturated rings. The van der Waals surface area contributed by atoms with E-state index in [9.17, 15) is 14.4 Å². The molecule has 1 atom stereocenters. The average Bonchev–Trinajstić information content (AvgIpc) is 2.97. The topological polar surface area (TPSA) is 97.0 Å². The molecule has 0 aromatic heterocycles. The summed E-state index contributed by atoms with van der Waals surface area (Å²) in [4.78, 5) is 38.9. The summed E-state index contributed by atoms with van der Waals surface area (Å²) in [5.41, 5.74) is -0.171. The van der Waals surface area contributed by atoms with Crippen molar-refractivity contribution in [2.75, 3.05) is 25.6 Å². The van der Waals surface area contributed by atoms with Gasteiger partial charge in [-0.05, 0) is 43.2 Å². The van der Waals surface area contributed by atoms with Gasteiger partial charge in [0, 0.05) is 0 Å². The zero-order valence-electron chi connectivity index (χ0n) is 17.2. The number of ether oxygens (including phenoxy) is 2. The molecular formula is C22H25N3O5. The van der Waals surface area contributed by atoms with E-state index < -0.39 is 29.9 Å². The summed E-state index contributed by atoms with van der Waals surface area (Å²) in [6.45, 7) is 3.71. The van der Waals surface area contributed by atoms with Crippen LogP contribution in [0.3, 0.4) is 0 Å². The van der Waals surface area contributed by atoms with E-state index in [4.69, 9.17) is 9.47 Å². The molecule has 8 nitrogen and oxygen atoms in total. The molecule has 0 aliphatic carbocycles. The van der Waals surface area contributed by atoms with Gasteiger partial charge >= 0.3 is 6.03 Å². The second-order valence-electron chi connectivity index (χ2n) is 7.07. The first-order valence-electron chi connectivity index (χ1n) is 9.69. The van der Waals surface area contributed by atoms with Crippen LogP contribution in [0.1, 0.15) is 25.8 Å². The van der Waals surface area contributed by atoms with Crippen molar-refractivity contribution in [3.05, 3.63) is 54.1 Å². The molecule has 1 heterocycles. The monoisotopic (exact) mass is 411 g/mol. The molecule has 158 valence electrons. The number of urea groups is 1. The first-order chi connectivity index (χ1) is 14.4. The van der Waals surface area contributed by atoms with Crippen molar-refractivity contribution in [2.45, 2.75) is 25.8 Å². The number of nitrogens with one attached hydrogen (secondary N) is 2. The second kappa shape index (κ2) is 8.86. The lowest BCUT2D eigenvalue weighted by atomic mass is 9.92. The van der Waals surface area contributed by atoms with Crippen LogP contribution >= 0.6 is 0 Å². The lowest BCUT2D eigenvalue weighted by Gasteiger charge is -2.22. The average molecular weight is 411 g/mol. The van der Waals surface area contributed by atoms with Gasteiger partial charge in [-0.3, -0.25) is 14.5 Å². The molecule has 2 N–H and O–H groups in total. The number of imide groups is 1. The number of hydrogen-bond donors (Lipinski definition) is 2. The number of nitrogens with zero attached hydrogens (tertiary/aromatic N) is 1. The van der Waals surface area contributed by atoms with Crippen molar-refractivity contribution in [3.63, 3.8) is 0 Å². The number of rotatable bonds is 8. The highest BCUT2D eigenvalue weighted by atomic mass is 16.5. The van der Waals surface area contributed by atoms with Crippen molar-refractivity contribution >= 4 is 23.5 Å². The predicted molar refractivity (Wildman–Crippen MR) is 111 cm³/mol. The highest BCUT2D eigenvalue weighted by Crippen LogP contribution is 2.30. The number of methoxy groups -OCH3 is 1. The van der Waals surface area contributed by atoms with Gasteiger partial charge in [0.05, 0.1) is 19.4 Å². The smallest absolute Gasteiger partial charge is 0.325 e. The van der Waals surface area contributed by atoms with Gasteiger partial charge in [-0.2, -0.15) is 0 Å². The maximum absolute atomic E-state index is 13.0. The van der Waals surface area contributed by atoms with Crippen LogP contribution in [0, 0.1) is 0 Å². The largest absolute Gasteiger partial charge is 0.497 e. The van der Waals surface area contributed by atoms with Crippen LogP contribution in [0.5, 0.6) is 11.5 Å². The molecule has 4 amide bonds. The molecule has 0 spiro atoms. The van der Waals surface area contributed by atoms with E-state index in [2.05, 4.69) is 10.6 Å². The molecule has 8 heteroatoms. The summed E-state index contributed by atoms with van der Waals surface area (Å²) in [5, 5.41) is 5.40. The minimum absolute atomic E-state index is 0.404. The minimum Gasteiger partial charge on any atom is -0.497 e. The minimum atomic E-state index is -1.26. The molecule has 0 radical (unpaired) electrons. The second-order valence-corrected chi connectivity index (χ2v) is 7.07. The fraction of sp³-hybridized carbons (Fsp3) is 0.318. The third-order valence-corrected chi connectivity index (χ3v) is 4.87. The molecule has 1 unspecified atom stereocenters. The van der Waals surface area contributed by atoms with Gasteiger partial charge in [-0.25, -0.2) is 4.79 Å². The van der Waals surface area contributed by atoms with Crippen molar-refractivity contribution < 1.29 is 23.9 Å². The van der Waals surface area contributed by atoms with Crippen LogP contribution in [0.4, 0.5) is 10.5 Å². The predicted octanol–water partition coefficient (Wildman–Crippen LogP) is 2.89. The standard InChI is InChI=1S/C22H25N3O5/c1-4-13-30-18-8-6-5-7-17(18)23-19(26)14-25-20(27)22(2,24-21(25)28)15-9-11-16(29-3)12-10-15/h5-12H,4,13-14H2,1-3H3,(H,23,26)(H,24,28). The van der Waals surface area contributed by atoms with E-state index in [1.807, 2.05) is 6.92 Å². The summed E-state index contributed by atoms with van der Waals surface area (Å²) in [5.74, 6) is 0.181. The summed E-state index contributed by atoms with van der Waals surface area (Å²) in [6.07, 6.45) is 0.828. The van der Waals surface area contributed by atoms with Crippen LogP contribution < -0.4 is 20.1 Å². The fourth-order valence-corrected chi connectivity index (χ4v) is 3.20. The zero-order valence-corrected chi connectivity index (χ0v) is 17.2. The molecule has 1 aliphatic heterocycles. The van der Waals surface area contributed by atoms with Gasteiger partial charge < -0.3 is 20.1 Å². The van der Waals surface area contributed by atoms with E-state index in [0.717, 1.165) is 11.3 Å². The van der Waals surface area contributed by atoms with Crippen molar-refractivity contribution in [2.24, 2.45) is 0 Å². The van der Waals surface area contributed by atoms with Gasteiger partial charge in [-0.15, -0.1) is 0 Å². The van der Waals surface area contributed by atoms with E-state index in [1.165, 1.54) is 0 Å². The van der Waals surface area contributed by atoms with Crippen molar-refractivity contribution in [3.8, 4) is 11.5 Å². The maximum Gasteiger partial charge on any atom is 0.325 e. The maximum atomic E-state index is 13.0. The van der Waals surface area contributed by atoms with Crippen LogP contribution in [0.25, 0.3) is 0 Å². The van der Waals surface area contributed by atoms with Gasteiger partial charge in [-0.1, -0.05) is 31.2 Å². The normalized spacial score (nSPS) is 18.2. The number of amides is 4. The van der Waals surface area contributed by atoms with Gasteiger partial charge in [0.15, 0.2) is 0 Å². The molecule has 0 saturated carbocycles.